The van der Waals surface area contributed by atoms with Gasteiger partial charge in [-0.05, 0) is 47.1 Å². The molecule has 0 amide bonds. The van der Waals surface area contributed by atoms with Crippen LogP contribution in [-0.2, 0) is 0 Å². The van der Waals surface area contributed by atoms with Crippen molar-refractivity contribution in [1.29, 1.82) is 0 Å². The summed E-state index contributed by atoms with van der Waals surface area (Å²) < 4.78 is 11.8. The number of hydrogen-bond acceptors (Lipinski definition) is 3. The van der Waals surface area contributed by atoms with Crippen LogP contribution in [0.25, 0.3) is 22.4 Å². The van der Waals surface area contributed by atoms with Crippen LogP contribution >= 0.6 is 39.1 Å². The molecule has 3 rings (SSSR count). The van der Waals surface area contributed by atoms with Crippen molar-refractivity contribution in [3.63, 3.8) is 0 Å². The molecule has 2 aromatic carbocycles. The maximum Gasteiger partial charge on any atom is 0.175 e. The zero-order chi connectivity index (χ0) is 16.6. The van der Waals surface area contributed by atoms with Crippen molar-refractivity contribution in [2.75, 3.05) is 13.7 Å². The highest BCUT2D eigenvalue weighted by Gasteiger charge is 2.15. The molecule has 0 spiro atoms. The first-order valence-corrected chi connectivity index (χ1v) is 8.43. The molecule has 0 aliphatic rings. The van der Waals surface area contributed by atoms with E-state index in [1.54, 1.807) is 19.2 Å². The van der Waals surface area contributed by atoms with Gasteiger partial charge in [0.15, 0.2) is 11.5 Å². The Bertz CT molecular complexity index is 841. The molecule has 4 nitrogen and oxygen atoms in total. The van der Waals surface area contributed by atoms with Crippen molar-refractivity contribution < 1.29 is 9.47 Å². The van der Waals surface area contributed by atoms with Gasteiger partial charge in [-0.25, -0.2) is 4.98 Å². The lowest BCUT2D eigenvalue weighted by Gasteiger charge is -2.12. The first kappa shape index (κ1) is 16.4. The highest BCUT2D eigenvalue weighted by molar-refractivity contribution is 9.10. The minimum absolute atomic E-state index is 0.475. The summed E-state index contributed by atoms with van der Waals surface area (Å²) in [5, 5.41) is 0.961. The fourth-order valence-corrected chi connectivity index (χ4v) is 3.16. The largest absolute Gasteiger partial charge is 0.493 e. The molecule has 23 heavy (non-hydrogen) atoms. The molecule has 1 N–H and O–H groups in total. The van der Waals surface area contributed by atoms with Crippen LogP contribution < -0.4 is 9.47 Å². The number of imidazole rings is 1. The third-order valence-electron chi connectivity index (χ3n) is 3.32. The second-order valence-electron chi connectivity index (χ2n) is 4.79. The lowest BCUT2D eigenvalue weighted by molar-refractivity contribution is 0.309. The molecule has 0 saturated carbocycles. The Morgan fingerprint density at radius 3 is 2.61 bits per heavy atom. The zero-order valence-electron chi connectivity index (χ0n) is 12.4. The molecule has 7 heteroatoms. The number of aromatic amines is 1. The van der Waals surface area contributed by atoms with Crippen molar-refractivity contribution in [2.24, 2.45) is 0 Å². The summed E-state index contributed by atoms with van der Waals surface area (Å²) in [5.41, 5.74) is 2.43. The van der Waals surface area contributed by atoms with Crippen LogP contribution in [0.1, 0.15) is 6.92 Å². The van der Waals surface area contributed by atoms with E-state index in [9.17, 15) is 0 Å². The summed E-state index contributed by atoms with van der Waals surface area (Å²) in [5.74, 6) is 1.99. The van der Waals surface area contributed by atoms with Crippen LogP contribution in [0.2, 0.25) is 10.0 Å². The molecule has 0 aliphatic carbocycles. The van der Waals surface area contributed by atoms with E-state index in [1.807, 2.05) is 19.1 Å². The van der Waals surface area contributed by atoms with Crippen LogP contribution in [0.15, 0.2) is 28.7 Å². The fourth-order valence-electron chi connectivity index (χ4n) is 2.28. The molecular formula is C16H13BrCl2N2O2. The smallest absolute Gasteiger partial charge is 0.175 e. The normalized spacial score (nSPS) is 11.0. The zero-order valence-corrected chi connectivity index (χ0v) is 15.5. The predicted octanol–water partition coefficient (Wildman–Crippen LogP) is 5.71. The molecular weight excluding hydrogens is 403 g/mol. The molecule has 0 fully saturated rings. The van der Waals surface area contributed by atoms with Crippen LogP contribution in [0.3, 0.4) is 0 Å². The number of nitrogens with one attached hydrogen (secondary N) is 1. The van der Waals surface area contributed by atoms with E-state index in [0.717, 1.165) is 21.1 Å². The summed E-state index contributed by atoms with van der Waals surface area (Å²) in [6, 6.07) is 7.29. The first-order valence-electron chi connectivity index (χ1n) is 6.89. The number of benzene rings is 2. The van der Waals surface area contributed by atoms with E-state index >= 15 is 0 Å². The van der Waals surface area contributed by atoms with Crippen LogP contribution in [0.5, 0.6) is 11.5 Å². The molecule has 0 aliphatic heterocycles. The number of halogens is 3. The SMILES string of the molecule is CCOc1c(Br)cc(-c2nc3cc(Cl)c(Cl)cc3[nH]2)cc1OC. The van der Waals surface area contributed by atoms with Crippen molar-refractivity contribution >= 4 is 50.2 Å². The topological polar surface area (TPSA) is 47.1 Å². The van der Waals surface area contributed by atoms with E-state index in [1.165, 1.54) is 0 Å². The number of nitrogens with zero attached hydrogens (tertiary/aromatic N) is 1. The van der Waals surface area contributed by atoms with Gasteiger partial charge < -0.3 is 14.5 Å². The van der Waals surface area contributed by atoms with Crippen molar-refractivity contribution in [3.05, 3.63) is 38.8 Å². The summed E-state index contributed by atoms with van der Waals surface area (Å²) in [6.45, 7) is 2.47. The van der Waals surface area contributed by atoms with Crippen LogP contribution in [0, 0.1) is 0 Å². The highest BCUT2D eigenvalue weighted by Crippen LogP contribution is 2.39. The standard InChI is InChI=1S/C16H13BrCl2N2O2/c1-3-23-15-9(17)4-8(5-14(15)22-2)16-20-12-6-10(18)11(19)7-13(12)21-16/h4-7H,3H2,1-2H3,(H,20,21). The van der Waals surface area contributed by atoms with E-state index in [2.05, 4.69) is 25.9 Å². The monoisotopic (exact) mass is 414 g/mol. The average Bonchev–Trinajstić information content (AvgIpc) is 2.92. The second kappa shape index (κ2) is 6.59. The summed E-state index contributed by atoms with van der Waals surface area (Å²) in [7, 11) is 1.60. The molecule has 120 valence electrons. The van der Waals surface area contributed by atoms with Gasteiger partial charge in [-0.15, -0.1) is 0 Å². The molecule has 1 heterocycles. The van der Waals surface area contributed by atoms with E-state index in [-0.39, 0.29) is 0 Å². The van der Waals surface area contributed by atoms with Gasteiger partial charge >= 0.3 is 0 Å². The summed E-state index contributed by atoms with van der Waals surface area (Å²) >= 11 is 15.6. The Balaban J connectivity index is 2.13. The maximum absolute atomic E-state index is 6.05. The Kier molecular flexibility index (Phi) is 4.71. The Morgan fingerprint density at radius 2 is 1.91 bits per heavy atom. The minimum Gasteiger partial charge on any atom is -0.493 e. The van der Waals surface area contributed by atoms with Crippen molar-refractivity contribution in [1.82, 2.24) is 9.97 Å². The first-order chi connectivity index (χ1) is 11.0. The molecule has 0 radical (unpaired) electrons. The van der Waals surface area contributed by atoms with Crippen LogP contribution in [0.4, 0.5) is 0 Å². The van der Waals surface area contributed by atoms with Gasteiger partial charge in [-0.2, -0.15) is 0 Å². The molecule has 0 atom stereocenters. The summed E-state index contributed by atoms with van der Waals surface area (Å²) in [6.07, 6.45) is 0. The number of fused-ring (bicyclic) bond motifs is 1. The quantitative estimate of drug-likeness (QED) is 0.593. The van der Waals surface area contributed by atoms with Gasteiger partial charge in [0.1, 0.15) is 5.82 Å². The molecule has 1 aromatic heterocycles. The number of aromatic nitrogens is 2. The number of rotatable bonds is 4. The third kappa shape index (κ3) is 3.13. The average molecular weight is 416 g/mol. The number of H-pyrrole nitrogens is 1. The Morgan fingerprint density at radius 1 is 1.17 bits per heavy atom. The second-order valence-corrected chi connectivity index (χ2v) is 6.46. The predicted molar refractivity (Wildman–Crippen MR) is 97.0 cm³/mol. The maximum atomic E-state index is 6.05. The van der Waals surface area contributed by atoms with Gasteiger partial charge in [0.25, 0.3) is 0 Å². The lowest BCUT2D eigenvalue weighted by atomic mass is 10.2. The summed E-state index contributed by atoms with van der Waals surface area (Å²) in [4.78, 5) is 7.80. The van der Waals surface area contributed by atoms with E-state index in [0.29, 0.717) is 34.0 Å². The van der Waals surface area contributed by atoms with Gasteiger partial charge in [-0.3, -0.25) is 0 Å². The van der Waals surface area contributed by atoms with E-state index in [4.69, 9.17) is 32.7 Å². The number of hydrogen-bond donors (Lipinski definition) is 1. The van der Waals surface area contributed by atoms with Gasteiger partial charge in [0.05, 0.1) is 39.3 Å². The third-order valence-corrected chi connectivity index (χ3v) is 4.63. The molecule has 3 aromatic rings. The van der Waals surface area contributed by atoms with Gasteiger partial charge in [0.2, 0.25) is 0 Å². The Hall–Kier alpha value is -1.43. The number of methoxy groups -OCH3 is 1. The highest BCUT2D eigenvalue weighted by atomic mass is 79.9. The van der Waals surface area contributed by atoms with Gasteiger partial charge in [-0.1, -0.05) is 23.2 Å². The Labute approximate surface area is 151 Å². The van der Waals surface area contributed by atoms with Gasteiger partial charge in [0, 0.05) is 5.56 Å². The fraction of sp³-hybridized carbons (Fsp3) is 0.188. The van der Waals surface area contributed by atoms with Crippen molar-refractivity contribution in [2.45, 2.75) is 6.92 Å². The molecule has 0 bridgehead atoms. The molecule has 0 saturated heterocycles. The van der Waals surface area contributed by atoms with E-state index < -0.39 is 0 Å². The van der Waals surface area contributed by atoms with Crippen LogP contribution in [-0.4, -0.2) is 23.7 Å². The lowest BCUT2D eigenvalue weighted by Crippen LogP contribution is -1.97. The minimum atomic E-state index is 0.475. The number of ether oxygens (including phenoxy) is 2. The van der Waals surface area contributed by atoms with Crippen molar-refractivity contribution in [3.8, 4) is 22.9 Å². The molecule has 0 unspecified atom stereocenters.